The Balaban J connectivity index is 3.17. The molecule has 0 N–H and O–H groups in total. The van der Waals surface area contributed by atoms with E-state index in [9.17, 15) is 9.59 Å². The third-order valence-electron chi connectivity index (χ3n) is 2.13. The molecule has 0 aromatic heterocycles. The van der Waals surface area contributed by atoms with Crippen LogP contribution >= 0.6 is 0 Å². The summed E-state index contributed by atoms with van der Waals surface area (Å²) in [6.45, 7) is 4.89. The van der Waals surface area contributed by atoms with Gasteiger partial charge in [0.05, 0.1) is 12.7 Å². The van der Waals surface area contributed by atoms with Crippen LogP contribution in [0, 0.1) is 13.8 Å². The van der Waals surface area contributed by atoms with E-state index in [0.29, 0.717) is 11.3 Å². The number of esters is 2. The molecule has 1 rings (SSSR count). The van der Waals surface area contributed by atoms with Crippen LogP contribution in [0.3, 0.4) is 0 Å². The minimum atomic E-state index is -0.402. The zero-order chi connectivity index (χ0) is 12.3. The Morgan fingerprint density at radius 2 is 1.62 bits per heavy atom. The van der Waals surface area contributed by atoms with Crippen molar-refractivity contribution in [2.24, 2.45) is 0 Å². The van der Waals surface area contributed by atoms with Crippen LogP contribution in [0.15, 0.2) is 12.1 Å². The highest BCUT2D eigenvalue weighted by Gasteiger charge is 2.12. The van der Waals surface area contributed by atoms with Crippen molar-refractivity contribution < 1.29 is 19.1 Å². The number of ether oxygens (including phenoxy) is 2. The van der Waals surface area contributed by atoms with Crippen molar-refractivity contribution in [1.82, 2.24) is 0 Å². The molecule has 0 aliphatic rings. The molecule has 0 bridgehead atoms. The average Bonchev–Trinajstić information content (AvgIpc) is 2.21. The Kier molecular flexibility index (Phi) is 3.66. The van der Waals surface area contributed by atoms with Gasteiger partial charge in [-0.3, -0.25) is 4.79 Å². The maximum atomic E-state index is 11.3. The second kappa shape index (κ2) is 4.79. The van der Waals surface area contributed by atoms with Gasteiger partial charge in [0.2, 0.25) is 0 Å². The second-order valence-electron chi connectivity index (χ2n) is 3.52. The molecule has 0 atom stereocenters. The lowest BCUT2D eigenvalue weighted by atomic mass is 10.1. The lowest BCUT2D eigenvalue weighted by Gasteiger charge is -2.10. The van der Waals surface area contributed by atoms with E-state index in [-0.39, 0.29) is 5.97 Å². The van der Waals surface area contributed by atoms with Crippen LogP contribution in [0.25, 0.3) is 0 Å². The summed E-state index contributed by atoms with van der Waals surface area (Å²) >= 11 is 0. The van der Waals surface area contributed by atoms with Crippen LogP contribution in [0.4, 0.5) is 0 Å². The molecule has 4 nitrogen and oxygen atoms in total. The van der Waals surface area contributed by atoms with Gasteiger partial charge in [0.1, 0.15) is 5.75 Å². The lowest BCUT2D eigenvalue weighted by Crippen LogP contribution is -2.07. The standard InChI is InChI=1S/C12H14O4/c1-7-5-10(12(14)15-4)6-8(2)11(7)16-9(3)13/h5-6H,1-4H3. The number of hydrogen-bond donors (Lipinski definition) is 0. The zero-order valence-electron chi connectivity index (χ0n) is 9.79. The molecule has 0 unspecified atom stereocenters. The molecular formula is C12H14O4. The van der Waals surface area contributed by atoms with Gasteiger partial charge in [0.25, 0.3) is 0 Å². The highest BCUT2D eigenvalue weighted by Crippen LogP contribution is 2.25. The molecule has 0 saturated heterocycles. The van der Waals surface area contributed by atoms with E-state index in [0.717, 1.165) is 11.1 Å². The highest BCUT2D eigenvalue weighted by molar-refractivity contribution is 5.90. The van der Waals surface area contributed by atoms with E-state index in [4.69, 9.17) is 4.74 Å². The van der Waals surface area contributed by atoms with Crippen molar-refractivity contribution in [2.45, 2.75) is 20.8 Å². The van der Waals surface area contributed by atoms with E-state index in [2.05, 4.69) is 4.74 Å². The minimum Gasteiger partial charge on any atom is -0.465 e. The summed E-state index contributed by atoms with van der Waals surface area (Å²) < 4.78 is 9.67. The third kappa shape index (κ3) is 2.59. The van der Waals surface area contributed by atoms with E-state index in [1.165, 1.54) is 14.0 Å². The number of methoxy groups -OCH3 is 1. The second-order valence-corrected chi connectivity index (χ2v) is 3.52. The van der Waals surface area contributed by atoms with E-state index >= 15 is 0 Å². The summed E-state index contributed by atoms with van der Waals surface area (Å²) in [4.78, 5) is 22.2. The molecule has 1 aromatic rings. The van der Waals surface area contributed by atoms with E-state index < -0.39 is 5.97 Å². The number of aryl methyl sites for hydroxylation is 2. The summed E-state index contributed by atoms with van der Waals surface area (Å²) in [6.07, 6.45) is 0. The number of rotatable bonds is 2. The first-order valence-corrected chi connectivity index (χ1v) is 4.83. The molecule has 0 aliphatic heterocycles. The molecule has 4 heteroatoms. The zero-order valence-corrected chi connectivity index (χ0v) is 9.79. The van der Waals surface area contributed by atoms with E-state index in [1.54, 1.807) is 26.0 Å². The molecule has 86 valence electrons. The SMILES string of the molecule is COC(=O)c1cc(C)c(OC(C)=O)c(C)c1. The number of hydrogen-bond acceptors (Lipinski definition) is 4. The fourth-order valence-electron chi connectivity index (χ4n) is 1.49. The fourth-order valence-corrected chi connectivity index (χ4v) is 1.49. The molecule has 0 amide bonds. The van der Waals surface area contributed by atoms with Crippen LogP contribution in [0.2, 0.25) is 0 Å². The molecule has 1 aromatic carbocycles. The van der Waals surface area contributed by atoms with E-state index in [1.807, 2.05) is 0 Å². The molecule has 0 aliphatic carbocycles. The maximum absolute atomic E-state index is 11.3. The van der Waals surface area contributed by atoms with Gasteiger partial charge in [-0.05, 0) is 37.1 Å². The quantitative estimate of drug-likeness (QED) is 0.567. The molecule has 0 spiro atoms. The number of benzene rings is 1. The Labute approximate surface area is 94.2 Å². The minimum absolute atomic E-state index is 0.378. The molecule has 0 saturated carbocycles. The number of carbonyl (C=O) groups excluding carboxylic acids is 2. The van der Waals surface area contributed by atoms with Gasteiger partial charge in [0.15, 0.2) is 0 Å². The maximum Gasteiger partial charge on any atom is 0.337 e. The van der Waals surface area contributed by atoms with Gasteiger partial charge in [-0.25, -0.2) is 4.79 Å². The van der Waals surface area contributed by atoms with Crippen molar-refractivity contribution in [1.29, 1.82) is 0 Å². The molecule has 16 heavy (non-hydrogen) atoms. The van der Waals surface area contributed by atoms with Gasteiger partial charge in [-0.15, -0.1) is 0 Å². The Hall–Kier alpha value is -1.84. The van der Waals surface area contributed by atoms with Crippen molar-refractivity contribution in [2.75, 3.05) is 7.11 Å². The largest absolute Gasteiger partial charge is 0.465 e. The Morgan fingerprint density at radius 1 is 1.12 bits per heavy atom. The lowest BCUT2D eigenvalue weighted by molar-refractivity contribution is -0.131. The van der Waals surface area contributed by atoms with Gasteiger partial charge >= 0.3 is 11.9 Å². The van der Waals surface area contributed by atoms with Crippen LogP contribution in [-0.2, 0) is 9.53 Å². The van der Waals surface area contributed by atoms with Crippen molar-refractivity contribution in [3.05, 3.63) is 28.8 Å². The van der Waals surface area contributed by atoms with Gasteiger partial charge in [-0.1, -0.05) is 0 Å². The average molecular weight is 222 g/mol. The fraction of sp³-hybridized carbons (Fsp3) is 0.333. The first kappa shape index (κ1) is 12.2. The van der Waals surface area contributed by atoms with Gasteiger partial charge in [0, 0.05) is 6.92 Å². The summed E-state index contributed by atoms with van der Waals surface area (Å²) in [5.41, 5.74) is 1.92. The number of carbonyl (C=O) groups is 2. The highest BCUT2D eigenvalue weighted by atomic mass is 16.5. The van der Waals surface area contributed by atoms with Crippen LogP contribution in [-0.4, -0.2) is 19.0 Å². The molecule has 0 fully saturated rings. The smallest absolute Gasteiger partial charge is 0.337 e. The Morgan fingerprint density at radius 3 is 2.00 bits per heavy atom. The van der Waals surface area contributed by atoms with Crippen LogP contribution < -0.4 is 4.74 Å². The van der Waals surface area contributed by atoms with Crippen LogP contribution in [0.1, 0.15) is 28.4 Å². The normalized spacial score (nSPS) is 9.75. The van der Waals surface area contributed by atoms with Crippen molar-refractivity contribution in [3.8, 4) is 5.75 Å². The molecule has 0 radical (unpaired) electrons. The summed E-state index contributed by atoms with van der Waals surface area (Å²) in [7, 11) is 1.33. The van der Waals surface area contributed by atoms with Gasteiger partial charge < -0.3 is 9.47 Å². The predicted octanol–water partition coefficient (Wildman–Crippen LogP) is 2.02. The monoisotopic (exact) mass is 222 g/mol. The summed E-state index contributed by atoms with van der Waals surface area (Å²) in [6, 6.07) is 3.27. The topological polar surface area (TPSA) is 52.6 Å². The van der Waals surface area contributed by atoms with Crippen LogP contribution in [0.5, 0.6) is 5.75 Å². The predicted molar refractivity (Wildman–Crippen MR) is 58.6 cm³/mol. The molecule has 0 heterocycles. The first-order chi connectivity index (χ1) is 7.45. The van der Waals surface area contributed by atoms with Crippen molar-refractivity contribution >= 4 is 11.9 Å². The molecular weight excluding hydrogens is 208 g/mol. The Bertz CT molecular complexity index is 412. The van der Waals surface area contributed by atoms with Crippen molar-refractivity contribution in [3.63, 3.8) is 0 Å². The summed E-state index contributed by atoms with van der Waals surface area (Å²) in [5, 5.41) is 0. The third-order valence-corrected chi connectivity index (χ3v) is 2.13. The first-order valence-electron chi connectivity index (χ1n) is 4.83. The summed E-state index contributed by atoms with van der Waals surface area (Å²) in [5.74, 6) is -0.280. The van der Waals surface area contributed by atoms with Gasteiger partial charge in [-0.2, -0.15) is 0 Å².